The zero-order chi connectivity index (χ0) is 16.2. The highest BCUT2D eigenvalue weighted by atomic mass is 32.1. The van der Waals surface area contributed by atoms with E-state index in [4.69, 9.17) is 5.10 Å². The molecule has 23 heavy (non-hydrogen) atoms. The monoisotopic (exact) mass is 344 g/mol. The van der Waals surface area contributed by atoms with Crippen molar-refractivity contribution in [3.8, 4) is 22.1 Å². The van der Waals surface area contributed by atoms with E-state index in [0.29, 0.717) is 0 Å². The van der Waals surface area contributed by atoms with Gasteiger partial charge >= 0.3 is 0 Å². The summed E-state index contributed by atoms with van der Waals surface area (Å²) in [7, 11) is 1.95. The molecule has 0 spiro atoms. The van der Waals surface area contributed by atoms with Gasteiger partial charge in [0.15, 0.2) is 10.8 Å². The molecule has 0 saturated heterocycles. The Hall–Kier alpha value is -2.06. The molecule has 4 aromatic rings. The molecule has 0 amide bonds. The average molecular weight is 344 g/mol. The van der Waals surface area contributed by atoms with Crippen LogP contribution in [0.2, 0.25) is 0 Å². The van der Waals surface area contributed by atoms with Gasteiger partial charge in [0, 0.05) is 23.4 Å². The quantitative estimate of drug-likeness (QED) is 0.557. The number of rotatable bonds is 2. The maximum Gasteiger partial charge on any atom is 0.235 e. The van der Waals surface area contributed by atoms with E-state index >= 15 is 0 Å². The minimum absolute atomic E-state index is 0.0107. The van der Waals surface area contributed by atoms with E-state index < -0.39 is 0 Å². The molecule has 0 aromatic carbocycles. The highest BCUT2D eigenvalue weighted by Gasteiger charge is 2.22. The number of nitrogens with zero attached hydrogens (tertiary/aromatic N) is 6. The highest BCUT2D eigenvalue weighted by Crippen LogP contribution is 2.31. The first-order valence-electron chi connectivity index (χ1n) is 7.23. The third kappa shape index (κ3) is 2.38. The fourth-order valence-electron chi connectivity index (χ4n) is 2.33. The zero-order valence-electron chi connectivity index (χ0n) is 13.3. The molecule has 8 heteroatoms. The fraction of sp³-hybridized carbons (Fsp3) is 0.333. The third-order valence-corrected chi connectivity index (χ3v) is 5.24. The van der Waals surface area contributed by atoms with Crippen LogP contribution in [0, 0.1) is 0 Å². The lowest BCUT2D eigenvalue weighted by molar-refractivity contribution is 0.553. The Morgan fingerprint density at radius 1 is 1.13 bits per heavy atom. The molecule has 0 bridgehead atoms. The largest absolute Gasteiger partial charge is 0.265 e. The fourth-order valence-corrected chi connectivity index (χ4v) is 3.85. The van der Waals surface area contributed by atoms with Crippen LogP contribution in [0.15, 0.2) is 22.9 Å². The Bertz CT molecular complexity index is 968. The van der Waals surface area contributed by atoms with E-state index in [0.717, 1.165) is 32.7 Å². The summed E-state index contributed by atoms with van der Waals surface area (Å²) in [6.45, 7) is 6.48. The molecule has 4 heterocycles. The van der Waals surface area contributed by atoms with Gasteiger partial charge in [0.25, 0.3) is 0 Å². The van der Waals surface area contributed by atoms with Gasteiger partial charge in [0.05, 0.1) is 11.4 Å². The van der Waals surface area contributed by atoms with Crippen molar-refractivity contribution < 1.29 is 0 Å². The molecular formula is C15H16N6S2. The van der Waals surface area contributed by atoms with Crippen LogP contribution in [0.5, 0.6) is 0 Å². The van der Waals surface area contributed by atoms with Crippen LogP contribution in [0.25, 0.3) is 27.1 Å². The van der Waals surface area contributed by atoms with Gasteiger partial charge in [-0.3, -0.25) is 4.68 Å². The van der Waals surface area contributed by atoms with Crippen molar-refractivity contribution in [1.82, 2.24) is 29.6 Å². The zero-order valence-corrected chi connectivity index (χ0v) is 14.9. The topological polar surface area (TPSA) is 60.9 Å². The van der Waals surface area contributed by atoms with Gasteiger partial charge in [-0.15, -0.1) is 10.2 Å². The van der Waals surface area contributed by atoms with Crippen molar-refractivity contribution in [2.45, 2.75) is 26.2 Å². The lowest BCUT2D eigenvalue weighted by Gasteiger charge is -2.13. The summed E-state index contributed by atoms with van der Waals surface area (Å²) in [5.74, 6) is 0.780. The summed E-state index contributed by atoms with van der Waals surface area (Å²) in [5.41, 5.74) is 3.11. The van der Waals surface area contributed by atoms with E-state index in [-0.39, 0.29) is 5.41 Å². The second-order valence-electron chi connectivity index (χ2n) is 6.43. The molecule has 6 nitrogen and oxygen atoms in total. The van der Waals surface area contributed by atoms with Crippen LogP contribution in [-0.2, 0) is 12.5 Å². The van der Waals surface area contributed by atoms with Gasteiger partial charge in [-0.25, -0.2) is 0 Å². The highest BCUT2D eigenvalue weighted by molar-refractivity contribution is 7.19. The number of hydrogen-bond acceptors (Lipinski definition) is 6. The molecule has 0 saturated carbocycles. The molecule has 0 aliphatic heterocycles. The van der Waals surface area contributed by atoms with Crippen LogP contribution in [0.3, 0.4) is 0 Å². The SMILES string of the molecule is Cn1nc(C(C)(C)C)cc1-c1nn2c(-c3ccsc3)nnc2s1. The smallest absolute Gasteiger partial charge is 0.235 e. The summed E-state index contributed by atoms with van der Waals surface area (Å²) >= 11 is 3.17. The van der Waals surface area contributed by atoms with E-state index in [1.165, 1.54) is 11.3 Å². The summed E-state index contributed by atoms with van der Waals surface area (Å²) in [5, 5.41) is 22.8. The first-order chi connectivity index (χ1) is 10.9. The Labute approximate surface area is 141 Å². The Morgan fingerprint density at radius 2 is 1.96 bits per heavy atom. The summed E-state index contributed by atoms with van der Waals surface area (Å²) in [6.07, 6.45) is 0. The van der Waals surface area contributed by atoms with E-state index in [9.17, 15) is 0 Å². The van der Waals surface area contributed by atoms with Crippen LogP contribution >= 0.6 is 22.7 Å². The van der Waals surface area contributed by atoms with Crippen LogP contribution in [-0.4, -0.2) is 29.6 Å². The van der Waals surface area contributed by atoms with E-state index in [2.05, 4.69) is 47.5 Å². The van der Waals surface area contributed by atoms with Crippen molar-refractivity contribution in [3.63, 3.8) is 0 Å². The number of thiophene rings is 1. The van der Waals surface area contributed by atoms with Gasteiger partial charge in [0.1, 0.15) is 0 Å². The number of aromatic nitrogens is 6. The first kappa shape index (κ1) is 14.5. The van der Waals surface area contributed by atoms with Crippen molar-refractivity contribution in [2.24, 2.45) is 7.05 Å². The van der Waals surface area contributed by atoms with Gasteiger partial charge in [0.2, 0.25) is 4.96 Å². The third-order valence-electron chi connectivity index (χ3n) is 3.64. The number of aryl methyl sites for hydroxylation is 1. The molecular weight excluding hydrogens is 328 g/mol. The van der Waals surface area contributed by atoms with Crippen LogP contribution in [0.4, 0.5) is 0 Å². The second-order valence-corrected chi connectivity index (χ2v) is 8.16. The lowest BCUT2D eigenvalue weighted by Crippen LogP contribution is -2.12. The first-order valence-corrected chi connectivity index (χ1v) is 8.99. The molecule has 0 atom stereocenters. The van der Waals surface area contributed by atoms with Crippen molar-refractivity contribution in [2.75, 3.05) is 0 Å². The van der Waals surface area contributed by atoms with Crippen molar-refractivity contribution in [3.05, 3.63) is 28.6 Å². The molecule has 4 rings (SSSR count). The van der Waals surface area contributed by atoms with Crippen LogP contribution < -0.4 is 0 Å². The van der Waals surface area contributed by atoms with Gasteiger partial charge in [-0.05, 0) is 17.5 Å². The molecule has 0 fully saturated rings. The summed E-state index contributed by atoms with van der Waals surface area (Å²) in [6, 6.07) is 4.14. The minimum Gasteiger partial charge on any atom is -0.265 e. The molecule has 0 N–H and O–H groups in total. The maximum absolute atomic E-state index is 4.71. The minimum atomic E-state index is 0.0107. The predicted molar refractivity (Wildman–Crippen MR) is 92.9 cm³/mol. The molecule has 0 unspecified atom stereocenters. The van der Waals surface area contributed by atoms with Gasteiger partial charge in [-0.1, -0.05) is 32.1 Å². The molecule has 4 aromatic heterocycles. The molecule has 118 valence electrons. The second kappa shape index (κ2) is 4.97. The van der Waals surface area contributed by atoms with Crippen molar-refractivity contribution >= 4 is 27.6 Å². The van der Waals surface area contributed by atoms with Crippen LogP contribution in [0.1, 0.15) is 26.5 Å². The number of fused-ring (bicyclic) bond motifs is 1. The van der Waals surface area contributed by atoms with Crippen molar-refractivity contribution in [1.29, 1.82) is 0 Å². The number of hydrogen-bond donors (Lipinski definition) is 0. The lowest BCUT2D eigenvalue weighted by atomic mass is 9.92. The molecule has 0 radical (unpaired) electrons. The summed E-state index contributed by atoms with van der Waals surface area (Å²) in [4.78, 5) is 0.791. The molecule has 0 aliphatic rings. The Balaban J connectivity index is 1.83. The predicted octanol–water partition coefficient (Wildman–Crippen LogP) is 3.61. The molecule has 0 aliphatic carbocycles. The summed E-state index contributed by atoms with van der Waals surface area (Å²) < 4.78 is 3.70. The van der Waals surface area contributed by atoms with E-state index in [1.54, 1.807) is 11.3 Å². The van der Waals surface area contributed by atoms with Gasteiger partial charge < -0.3 is 0 Å². The normalized spacial score (nSPS) is 12.3. The Morgan fingerprint density at radius 3 is 2.61 bits per heavy atom. The maximum atomic E-state index is 4.71. The standard InChI is InChI=1S/C15H16N6S2/c1-15(2,3)11-7-10(20(4)18-11)13-19-21-12(9-5-6-22-8-9)16-17-14(21)23-13/h5-8H,1-4H3. The average Bonchev–Trinajstić information content (AvgIpc) is 3.19. The van der Waals surface area contributed by atoms with Gasteiger partial charge in [-0.2, -0.15) is 26.0 Å². The van der Waals surface area contributed by atoms with E-state index in [1.807, 2.05) is 27.7 Å². The Kier molecular flexibility index (Phi) is 3.14.